The second-order valence-electron chi connectivity index (χ2n) is 2.45. The molecule has 70 valence electrons. The van der Waals surface area contributed by atoms with Crippen LogP contribution in [0, 0.1) is 0 Å². The first kappa shape index (κ1) is 9.99. The van der Waals surface area contributed by atoms with Crippen molar-refractivity contribution >= 4 is 17.3 Å². The number of hydrogen-bond acceptors (Lipinski definition) is 3. The van der Waals surface area contributed by atoms with Crippen molar-refractivity contribution in [2.45, 2.75) is 6.92 Å². The van der Waals surface area contributed by atoms with Crippen LogP contribution >= 0.6 is 12.2 Å². The SMILES string of the molecule is CCOc1ccc(C(=S)OC)cc1. The van der Waals surface area contributed by atoms with Gasteiger partial charge in [-0.2, -0.15) is 0 Å². The molecule has 0 aliphatic rings. The maximum atomic E-state index is 5.29. The van der Waals surface area contributed by atoms with Gasteiger partial charge in [0.25, 0.3) is 0 Å². The lowest BCUT2D eigenvalue weighted by Gasteiger charge is -2.04. The first-order valence-electron chi connectivity index (χ1n) is 4.09. The molecule has 0 saturated heterocycles. The Bertz CT molecular complexity index is 279. The van der Waals surface area contributed by atoms with Crippen molar-refractivity contribution in [3.63, 3.8) is 0 Å². The summed E-state index contributed by atoms with van der Waals surface area (Å²) in [7, 11) is 1.57. The van der Waals surface area contributed by atoms with Gasteiger partial charge in [-0.15, -0.1) is 0 Å². The van der Waals surface area contributed by atoms with Gasteiger partial charge in [-0.1, -0.05) is 0 Å². The molecule has 0 radical (unpaired) electrons. The number of hydrogen-bond donors (Lipinski definition) is 0. The fourth-order valence-corrected chi connectivity index (χ4v) is 1.11. The molecule has 0 heterocycles. The highest BCUT2D eigenvalue weighted by Gasteiger charge is 1.99. The Balaban J connectivity index is 2.75. The first-order chi connectivity index (χ1) is 6.27. The highest BCUT2D eigenvalue weighted by molar-refractivity contribution is 7.80. The van der Waals surface area contributed by atoms with Crippen LogP contribution in [0.2, 0.25) is 0 Å². The second kappa shape index (κ2) is 4.82. The summed E-state index contributed by atoms with van der Waals surface area (Å²) >= 11 is 4.97. The van der Waals surface area contributed by atoms with Crippen molar-refractivity contribution in [3.05, 3.63) is 29.8 Å². The Morgan fingerprint density at radius 1 is 1.31 bits per heavy atom. The minimum absolute atomic E-state index is 0.503. The molecule has 2 nitrogen and oxygen atoms in total. The van der Waals surface area contributed by atoms with Gasteiger partial charge in [0.1, 0.15) is 5.75 Å². The molecular formula is C10H12O2S. The standard InChI is InChI=1S/C10H12O2S/c1-3-12-9-6-4-8(5-7-9)10(13)11-2/h4-7H,3H2,1-2H3. The zero-order valence-corrected chi connectivity index (χ0v) is 8.56. The van der Waals surface area contributed by atoms with Crippen molar-refractivity contribution in [1.29, 1.82) is 0 Å². The lowest BCUT2D eigenvalue weighted by atomic mass is 10.2. The van der Waals surface area contributed by atoms with E-state index in [9.17, 15) is 0 Å². The summed E-state index contributed by atoms with van der Waals surface area (Å²) in [6.45, 7) is 2.63. The van der Waals surface area contributed by atoms with Gasteiger partial charge < -0.3 is 9.47 Å². The molecule has 0 N–H and O–H groups in total. The van der Waals surface area contributed by atoms with E-state index in [2.05, 4.69) is 0 Å². The van der Waals surface area contributed by atoms with Crippen LogP contribution in [-0.4, -0.2) is 18.8 Å². The second-order valence-corrected chi connectivity index (χ2v) is 2.82. The van der Waals surface area contributed by atoms with E-state index in [0.717, 1.165) is 11.3 Å². The quantitative estimate of drug-likeness (QED) is 0.692. The van der Waals surface area contributed by atoms with E-state index in [-0.39, 0.29) is 0 Å². The van der Waals surface area contributed by atoms with Crippen molar-refractivity contribution < 1.29 is 9.47 Å². The minimum atomic E-state index is 0.503. The summed E-state index contributed by atoms with van der Waals surface area (Å²) in [6, 6.07) is 7.53. The van der Waals surface area contributed by atoms with Gasteiger partial charge in [0.15, 0.2) is 5.05 Å². The Morgan fingerprint density at radius 2 is 1.92 bits per heavy atom. The van der Waals surface area contributed by atoms with E-state index >= 15 is 0 Å². The maximum absolute atomic E-state index is 5.29. The average Bonchev–Trinajstić information content (AvgIpc) is 2.18. The third-order valence-corrected chi connectivity index (χ3v) is 1.99. The molecule has 0 saturated carbocycles. The molecule has 0 amide bonds. The zero-order chi connectivity index (χ0) is 9.68. The zero-order valence-electron chi connectivity index (χ0n) is 7.74. The molecule has 0 unspecified atom stereocenters. The van der Waals surface area contributed by atoms with Gasteiger partial charge in [0.05, 0.1) is 13.7 Å². The Labute approximate surface area is 83.5 Å². The molecule has 1 aromatic carbocycles. The number of rotatable bonds is 3. The van der Waals surface area contributed by atoms with E-state index in [0.29, 0.717) is 11.7 Å². The summed E-state index contributed by atoms with van der Waals surface area (Å²) < 4.78 is 10.2. The van der Waals surface area contributed by atoms with Crippen LogP contribution in [0.15, 0.2) is 24.3 Å². The van der Waals surface area contributed by atoms with Gasteiger partial charge in [-0.25, -0.2) is 0 Å². The predicted octanol–water partition coefficient (Wildman–Crippen LogP) is 2.41. The first-order valence-corrected chi connectivity index (χ1v) is 4.50. The van der Waals surface area contributed by atoms with Crippen molar-refractivity contribution in [1.82, 2.24) is 0 Å². The molecule has 0 aromatic heterocycles. The Kier molecular flexibility index (Phi) is 3.71. The van der Waals surface area contributed by atoms with Crippen LogP contribution in [0.1, 0.15) is 12.5 Å². The van der Waals surface area contributed by atoms with Gasteiger partial charge in [0.2, 0.25) is 0 Å². The van der Waals surface area contributed by atoms with Gasteiger partial charge in [-0.05, 0) is 43.4 Å². The van der Waals surface area contributed by atoms with E-state index in [1.54, 1.807) is 7.11 Å². The lowest BCUT2D eigenvalue weighted by Crippen LogP contribution is -1.99. The number of thiocarbonyl (C=S) groups is 1. The van der Waals surface area contributed by atoms with E-state index < -0.39 is 0 Å². The maximum Gasteiger partial charge on any atom is 0.190 e. The number of ether oxygens (including phenoxy) is 2. The van der Waals surface area contributed by atoms with Crippen LogP contribution < -0.4 is 4.74 Å². The van der Waals surface area contributed by atoms with Gasteiger partial charge in [-0.3, -0.25) is 0 Å². The predicted molar refractivity (Wildman–Crippen MR) is 56.3 cm³/mol. The normalized spacial score (nSPS) is 9.38. The third kappa shape index (κ3) is 2.70. The summed E-state index contributed by atoms with van der Waals surface area (Å²) in [6.07, 6.45) is 0. The van der Waals surface area contributed by atoms with Crippen molar-refractivity contribution in [3.8, 4) is 5.75 Å². The topological polar surface area (TPSA) is 18.5 Å². The molecular weight excluding hydrogens is 184 g/mol. The largest absolute Gasteiger partial charge is 0.494 e. The highest BCUT2D eigenvalue weighted by Crippen LogP contribution is 2.12. The fraction of sp³-hybridized carbons (Fsp3) is 0.300. The lowest BCUT2D eigenvalue weighted by molar-refractivity contribution is 0.340. The molecule has 1 aromatic rings. The minimum Gasteiger partial charge on any atom is -0.494 e. The molecule has 1 rings (SSSR count). The van der Waals surface area contributed by atoms with E-state index in [4.69, 9.17) is 21.7 Å². The summed E-state index contributed by atoms with van der Waals surface area (Å²) in [5, 5.41) is 0.503. The average molecular weight is 196 g/mol. The summed E-state index contributed by atoms with van der Waals surface area (Å²) in [5.74, 6) is 0.852. The molecule has 13 heavy (non-hydrogen) atoms. The van der Waals surface area contributed by atoms with Crippen molar-refractivity contribution in [2.75, 3.05) is 13.7 Å². The summed E-state index contributed by atoms with van der Waals surface area (Å²) in [5.41, 5.74) is 0.904. The Morgan fingerprint density at radius 3 is 2.38 bits per heavy atom. The molecule has 0 atom stereocenters. The smallest absolute Gasteiger partial charge is 0.190 e. The van der Waals surface area contributed by atoms with Gasteiger partial charge in [0, 0.05) is 5.56 Å². The molecule has 0 aliphatic carbocycles. The molecule has 3 heteroatoms. The van der Waals surface area contributed by atoms with Crippen LogP contribution in [0.3, 0.4) is 0 Å². The molecule has 0 spiro atoms. The highest BCUT2D eigenvalue weighted by atomic mass is 32.1. The number of methoxy groups -OCH3 is 1. The van der Waals surface area contributed by atoms with Crippen LogP contribution in [0.5, 0.6) is 5.75 Å². The van der Waals surface area contributed by atoms with Crippen LogP contribution in [0.4, 0.5) is 0 Å². The molecule has 0 bridgehead atoms. The Hall–Kier alpha value is -1.09. The third-order valence-electron chi connectivity index (χ3n) is 1.59. The monoisotopic (exact) mass is 196 g/mol. The van der Waals surface area contributed by atoms with Crippen molar-refractivity contribution in [2.24, 2.45) is 0 Å². The van der Waals surface area contributed by atoms with E-state index in [1.165, 1.54) is 0 Å². The molecule has 0 aliphatic heterocycles. The summed E-state index contributed by atoms with van der Waals surface area (Å²) in [4.78, 5) is 0. The van der Waals surface area contributed by atoms with E-state index in [1.807, 2.05) is 31.2 Å². The number of benzene rings is 1. The van der Waals surface area contributed by atoms with Crippen LogP contribution in [-0.2, 0) is 4.74 Å². The van der Waals surface area contributed by atoms with Gasteiger partial charge >= 0.3 is 0 Å². The fourth-order valence-electron chi connectivity index (χ4n) is 0.972. The van der Waals surface area contributed by atoms with Crippen LogP contribution in [0.25, 0.3) is 0 Å². The molecule has 0 fully saturated rings.